The Morgan fingerprint density at radius 1 is 1.53 bits per heavy atom. The number of carboxylic acids is 1. The normalized spacial score (nSPS) is 11.9. The van der Waals surface area contributed by atoms with Gasteiger partial charge in [-0.15, -0.1) is 11.3 Å². The number of hydrogen-bond acceptors (Lipinski definition) is 5. The van der Waals surface area contributed by atoms with Gasteiger partial charge in [-0.1, -0.05) is 0 Å². The van der Waals surface area contributed by atoms with Crippen molar-refractivity contribution in [1.82, 2.24) is 4.72 Å². The van der Waals surface area contributed by atoms with E-state index >= 15 is 0 Å². The zero-order chi connectivity index (χ0) is 14.5. The van der Waals surface area contributed by atoms with Gasteiger partial charge in [-0.05, 0) is 6.07 Å². The number of hydrogen-bond donors (Lipinski definition) is 2. The molecule has 0 bridgehead atoms. The van der Waals surface area contributed by atoms with Gasteiger partial charge >= 0.3 is 5.97 Å². The first-order valence-corrected chi connectivity index (χ1v) is 7.36. The molecule has 0 unspecified atom stereocenters. The van der Waals surface area contributed by atoms with Gasteiger partial charge in [0, 0.05) is 11.9 Å². The van der Waals surface area contributed by atoms with Crippen LogP contribution in [0.1, 0.15) is 10.4 Å². The molecule has 0 aliphatic carbocycles. The molecule has 0 aliphatic rings. The monoisotopic (exact) mass is 315 g/mol. The number of thiophene rings is 1. The molecule has 10 heteroatoms. The zero-order valence-electron chi connectivity index (χ0n) is 9.51. The molecule has 108 valence electrons. The summed E-state index contributed by atoms with van der Waals surface area (Å²) in [6, 6.07) is 1.02. The number of aromatic carboxylic acids is 1. The lowest BCUT2D eigenvalue weighted by atomic mass is 10.4. The van der Waals surface area contributed by atoms with E-state index in [1.54, 1.807) is 0 Å². The third-order valence-electron chi connectivity index (χ3n) is 1.87. The van der Waals surface area contributed by atoms with E-state index < -0.39 is 29.0 Å². The van der Waals surface area contributed by atoms with E-state index in [0.717, 1.165) is 17.4 Å². The molecule has 2 N–H and O–H groups in total. The largest absolute Gasteiger partial charge is 0.478 e. The van der Waals surface area contributed by atoms with Gasteiger partial charge in [0.25, 0.3) is 6.43 Å². The fourth-order valence-electron chi connectivity index (χ4n) is 1.06. The van der Waals surface area contributed by atoms with Crippen molar-refractivity contribution in [2.75, 3.05) is 19.8 Å². The zero-order valence-corrected chi connectivity index (χ0v) is 11.1. The molecule has 0 radical (unpaired) electrons. The predicted molar refractivity (Wildman–Crippen MR) is 63.3 cm³/mol. The standard InChI is InChI=1S/C9H11F2NO5S2/c10-7(11)4-17-2-1-12-19(15,16)8-3-6(5-18-8)9(13)14/h3,5,7,12H,1-2,4H2,(H,13,14). The molecule has 1 aromatic heterocycles. The third kappa shape index (κ3) is 5.19. The maximum absolute atomic E-state index is 11.7. The van der Waals surface area contributed by atoms with Crippen LogP contribution >= 0.6 is 11.3 Å². The lowest BCUT2D eigenvalue weighted by Crippen LogP contribution is -2.27. The average Bonchev–Trinajstić information content (AvgIpc) is 2.77. The van der Waals surface area contributed by atoms with Gasteiger partial charge in [-0.3, -0.25) is 0 Å². The summed E-state index contributed by atoms with van der Waals surface area (Å²) in [6.07, 6.45) is -2.60. The predicted octanol–water partition coefficient (Wildman–Crippen LogP) is 1.01. The van der Waals surface area contributed by atoms with Crippen LogP contribution in [-0.4, -0.2) is 45.7 Å². The smallest absolute Gasteiger partial charge is 0.336 e. The van der Waals surface area contributed by atoms with Crippen LogP contribution in [0.5, 0.6) is 0 Å². The van der Waals surface area contributed by atoms with Crippen molar-refractivity contribution >= 4 is 27.3 Å². The van der Waals surface area contributed by atoms with Gasteiger partial charge in [0.05, 0.1) is 12.2 Å². The van der Waals surface area contributed by atoms with Crippen molar-refractivity contribution in [1.29, 1.82) is 0 Å². The van der Waals surface area contributed by atoms with E-state index in [9.17, 15) is 22.0 Å². The summed E-state index contributed by atoms with van der Waals surface area (Å²) in [6.45, 7) is -1.13. The van der Waals surface area contributed by atoms with Crippen molar-refractivity contribution < 1.29 is 31.8 Å². The highest BCUT2D eigenvalue weighted by Crippen LogP contribution is 2.19. The highest BCUT2D eigenvalue weighted by molar-refractivity contribution is 7.91. The fourth-order valence-corrected chi connectivity index (χ4v) is 3.27. The molecule has 19 heavy (non-hydrogen) atoms. The Hall–Kier alpha value is -1.10. The van der Waals surface area contributed by atoms with E-state index in [1.807, 2.05) is 0 Å². The molecule has 0 saturated heterocycles. The number of alkyl halides is 2. The van der Waals surface area contributed by atoms with Crippen LogP contribution in [0.3, 0.4) is 0 Å². The molecule has 0 aliphatic heterocycles. The van der Waals surface area contributed by atoms with Crippen LogP contribution in [0.2, 0.25) is 0 Å². The van der Waals surface area contributed by atoms with Crippen LogP contribution in [-0.2, 0) is 14.8 Å². The van der Waals surface area contributed by atoms with Gasteiger partial charge in [0.2, 0.25) is 10.0 Å². The number of sulfonamides is 1. The third-order valence-corrected chi connectivity index (χ3v) is 4.77. The molecule has 0 aromatic carbocycles. The molecule has 6 nitrogen and oxygen atoms in total. The van der Waals surface area contributed by atoms with Gasteiger partial charge in [-0.25, -0.2) is 26.7 Å². The van der Waals surface area contributed by atoms with E-state index in [4.69, 9.17) is 5.11 Å². The highest BCUT2D eigenvalue weighted by Gasteiger charge is 2.18. The lowest BCUT2D eigenvalue weighted by Gasteiger charge is -2.05. The Bertz CT molecular complexity index is 528. The fraction of sp³-hybridized carbons (Fsp3) is 0.444. The van der Waals surface area contributed by atoms with Gasteiger partial charge < -0.3 is 9.84 Å². The summed E-state index contributed by atoms with van der Waals surface area (Å²) < 4.78 is 53.2. The summed E-state index contributed by atoms with van der Waals surface area (Å²) in [5.74, 6) is -1.22. The molecule has 0 spiro atoms. The van der Waals surface area contributed by atoms with E-state index in [-0.39, 0.29) is 22.9 Å². The van der Waals surface area contributed by atoms with Crippen LogP contribution in [0.4, 0.5) is 8.78 Å². The number of nitrogens with one attached hydrogen (secondary N) is 1. The maximum Gasteiger partial charge on any atom is 0.336 e. The molecular weight excluding hydrogens is 304 g/mol. The molecule has 0 atom stereocenters. The number of halogens is 2. The first-order chi connectivity index (χ1) is 8.83. The second-order valence-corrected chi connectivity index (χ2v) is 6.23. The molecule has 1 rings (SSSR count). The Morgan fingerprint density at radius 3 is 2.74 bits per heavy atom. The maximum atomic E-state index is 11.7. The quantitative estimate of drug-likeness (QED) is 0.698. The van der Waals surface area contributed by atoms with Crippen LogP contribution in [0, 0.1) is 0 Å². The second kappa shape index (κ2) is 6.89. The SMILES string of the molecule is O=C(O)c1csc(S(=O)(=O)NCCOCC(F)F)c1. The first kappa shape index (κ1) is 16.0. The van der Waals surface area contributed by atoms with Crippen LogP contribution in [0.25, 0.3) is 0 Å². The summed E-state index contributed by atoms with van der Waals surface area (Å²) >= 11 is 0.761. The van der Waals surface area contributed by atoms with Gasteiger partial charge in [-0.2, -0.15) is 0 Å². The molecule has 0 saturated carbocycles. The number of carboxylic acid groups (broad SMARTS) is 1. The van der Waals surface area contributed by atoms with Crippen molar-refractivity contribution in [3.8, 4) is 0 Å². The van der Waals surface area contributed by atoms with E-state index in [2.05, 4.69) is 9.46 Å². The minimum absolute atomic E-state index is 0.126. The van der Waals surface area contributed by atoms with Crippen molar-refractivity contribution in [3.05, 3.63) is 17.0 Å². The lowest BCUT2D eigenvalue weighted by molar-refractivity contribution is 0.0199. The summed E-state index contributed by atoms with van der Waals surface area (Å²) in [4.78, 5) is 10.6. The van der Waals surface area contributed by atoms with Crippen LogP contribution < -0.4 is 4.72 Å². The number of carbonyl (C=O) groups is 1. The van der Waals surface area contributed by atoms with E-state index in [1.165, 1.54) is 5.38 Å². The first-order valence-electron chi connectivity index (χ1n) is 5.00. The summed E-state index contributed by atoms with van der Waals surface area (Å²) in [5.41, 5.74) is -0.126. The number of rotatable bonds is 8. The average molecular weight is 315 g/mol. The Morgan fingerprint density at radius 2 is 2.21 bits per heavy atom. The Kier molecular flexibility index (Phi) is 5.79. The highest BCUT2D eigenvalue weighted by atomic mass is 32.2. The second-order valence-electron chi connectivity index (χ2n) is 3.32. The minimum Gasteiger partial charge on any atom is -0.478 e. The molecule has 1 heterocycles. The van der Waals surface area contributed by atoms with E-state index in [0.29, 0.717) is 0 Å². The van der Waals surface area contributed by atoms with Gasteiger partial charge in [0.1, 0.15) is 10.8 Å². The van der Waals surface area contributed by atoms with Gasteiger partial charge in [0.15, 0.2) is 0 Å². The molecular formula is C9H11F2NO5S2. The van der Waals surface area contributed by atoms with Crippen molar-refractivity contribution in [3.63, 3.8) is 0 Å². The van der Waals surface area contributed by atoms with Crippen LogP contribution in [0.15, 0.2) is 15.7 Å². The minimum atomic E-state index is -3.84. The molecule has 1 aromatic rings. The van der Waals surface area contributed by atoms with Crippen molar-refractivity contribution in [2.45, 2.75) is 10.6 Å². The summed E-state index contributed by atoms with van der Waals surface area (Å²) in [5, 5.41) is 9.86. The summed E-state index contributed by atoms with van der Waals surface area (Å²) in [7, 11) is -3.84. The topological polar surface area (TPSA) is 92.7 Å². The van der Waals surface area contributed by atoms with Crippen molar-refractivity contribution in [2.24, 2.45) is 0 Å². The Balaban J connectivity index is 2.49. The number of ether oxygens (including phenoxy) is 1. The molecule has 0 amide bonds. The Labute approximate surface area is 112 Å². The molecule has 0 fully saturated rings.